The summed E-state index contributed by atoms with van der Waals surface area (Å²) in [5, 5.41) is 14.7. The molecule has 0 atom stereocenters. The molecule has 18 heavy (non-hydrogen) atoms. The molecule has 0 aliphatic heterocycles. The van der Waals surface area contributed by atoms with Crippen molar-refractivity contribution in [3.05, 3.63) is 45.4 Å². The number of rotatable bonds is 4. The first-order valence-corrected chi connectivity index (χ1v) is 6.25. The Balaban J connectivity index is 2.24. The lowest BCUT2D eigenvalue weighted by molar-refractivity contribution is 0.302. The van der Waals surface area contributed by atoms with Crippen LogP contribution in [-0.4, -0.2) is 16.0 Å². The molecule has 2 aromatic rings. The van der Waals surface area contributed by atoms with E-state index in [0.717, 1.165) is 5.01 Å². The van der Waals surface area contributed by atoms with Gasteiger partial charge in [-0.15, -0.1) is 11.3 Å². The normalized spacial score (nSPS) is 11.5. The molecular weight excluding hydrogens is 274 g/mol. The molecule has 0 spiro atoms. The molecule has 0 bridgehead atoms. The Morgan fingerprint density at radius 1 is 1.56 bits per heavy atom. The van der Waals surface area contributed by atoms with Crippen molar-refractivity contribution in [3.63, 3.8) is 0 Å². The lowest BCUT2D eigenvalue weighted by Gasteiger charge is -2.10. The molecular formula is C11H10ClN3O2S. The van der Waals surface area contributed by atoms with Gasteiger partial charge in [-0.1, -0.05) is 22.8 Å². The number of ether oxygens (including phenoxy) is 1. The highest BCUT2D eigenvalue weighted by molar-refractivity contribution is 7.09. The summed E-state index contributed by atoms with van der Waals surface area (Å²) in [5.41, 5.74) is 5.94. The predicted octanol–water partition coefficient (Wildman–Crippen LogP) is 2.47. The van der Waals surface area contributed by atoms with Gasteiger partial charge >= 0.3 is 0 Å². The summed E-state index contributed by atoms with van der Waals surface area (Å²) in [6.07, 6.45) is 1.70. The van der Waals surface area contributed by atoms with Crippen molar-refractivity contribution >= 4 is 28.8 Å². The van der Waals surface area contributed by atoms with Crippen LogP contribution in [0.4, 0.5) is 0 Å². The standard InChI is InChI=1S/C11H10ClN3O2S/c12-7-2-1-3-8(10(7)11(13)15-16)17-6-9-14-4-5-18-9/h1-5,16H,6H2,(H2,13,15). The van der Waals surface area contributed by atoms with Gasteiger partial charge in [0, 0.05) is 11.6 Å². The number of nitrogens with two attached hydrogens (primary N) is 1. The Morgan fingerprint density at radius 3 is 3.06 bits per heavy atom. The van der Waals surface area contributed by atoms with Crippen molar-refractivity contribution < 1.29 is 9.94 Å². The van der Waals surface area contributed by atoms with Crippen LogP contribution in [-0.2, 0) is 6.61 Å². The van der Waals surface area contributed by atoms with Gasteiger partial charge in [0.2, 0.25) is 0 Å². The molecule has 0 radical (unpaired) electrons. The maximum absolute atomic E-state index is 8.73. The number of aromatic nitrogens is 1. The van der Waals surface area contributed by atoms with Crippen LogP contribution in [0.5, 0.6) is 5.75 Å². The smallest absolute Gasteiger partial charge is 0.175 e. The van der Waals surface area contributed by atoms with Gasteiger partial charge < -0.3 is 15.7 Å². The Morgan fingerprint density at radius 2 is 2.39 bits per heavy atom. The molecule has 2 rings (SSSR count). The van der Waals surface area contributed by atoms with Gasteiger partial charge in [0.15, 0.2) is 5.84 Å². The van der Waals surface area contributed by atoms with Gasteiger partial charge in [-0.05, 0) is 12.1 Å². The van der Waals surface area contributed by atoms with Crippen LogP contribution in [0.3, 0.4) is 0 Å². The summed E-state index contributed by atoms with van der Waals surface area (Å²) in [5.74, 6) is 0.364. The maximum Gasteiger partial charge on any atom is 0.175 e. The van der Waals surface area contributed by atoms with Gasteiger partial charge in [-0.3, -0.25) is 0 Å². The lowest BCUT2D eigenvalue weighted by atomic mass is 10.2. The van der Waals surface area contributed by atoms with Crippen LogP contribution in [0.25, 0.3) is 0 Å². The molecule has 94 valence electrons. The van der Waals surface area contributed by atoms with Crippen LogP contribution < -0.4 is 10.5 Å². The fourth-order valence-electron chi connectivity index (χ4n) is 1.39. The van der Waals surface area contributed by atoms with Gasteiger partial charge in [-0.25, -0.2) is 4.98 Å². The van der Waals surface area contributed by atoms with E-state index in [2.05, 4.69) is 10.1 Å². The summed E-state index contributed by atoms with van der Waals surface area (Å²) in [4.78, 5) is 4.10. The second-order valence-corrected chi connectivity index (χ2v) is 4.70. The van der Waals surface area contributed by atoms with Gasteiger partial charge in [0.25, 0.3) is 0 Å². The molecule has 7 heteroatoms. The summed E-state index contributed by atoms with van der Waals surface area (Å²) in [6, 6.07) is 5.08. The van der Waals surface area contributed by atoms with E-state index in [1.165, 1.54) is 11.3 Å². The van der Waals surface area contributed by atoms with Gasteiger partial charge in [0.1, 0.15) is 17.4 Å². The van der Waals surface area contributed by atoms with Crippen LogP contribution in [0.15, 0.2) is 34.9 Å². The fourth-order valence-corrected chi connectivity index (χ4v) is 2.18. The summed E-state index contributed by atoms with van der Waals surface area (Å²) in [6.45, 7) is 0.309. The van der Waals surface area contributed by atoms with Crippen molar-refractivity contribution in [2.75, 3.05) is 0 Å². The topological polar surface area (TPSA) is 80.7 Å². The van der Waals surface area contributed by atoms with Crippen molar-refractivity contribution in [3.8, 4) is 5.75 Å². The molecule has 0 amide bonds. The number of nitrogens with zero attached hydrogens (tertiary/aromatic N) is 2. The summed E-state index contributed by atoms with van der Waals surface area (Å²) in [7, 11) is 0. The monoisotopic (exact) mass is 283 g/mol. The average Bonchev–Trinajstić information content (AvgIpc) is 2.88. The summed E-state index contributed by atoms with van der Waals surface area (Å²) < 4.78 is 5.58. The third-order valence-electron chi connectivity index (χ3n) is 2.17. The number of benzene rings is 1. The number of amidine groups is 1. The fraction of sp³-hybridized carbons (Fsp3) is 0.0909. The number of hydrogen-bond donors (Lipinski definition) is 2. The minimum absolute atomic E-state index is 0.0882. The highest BCUT2D eigenvalue weighted by atomic mass is 35.5. The number of thiazole rings is 1. The van der Waals surface area contributed by atoms with E-state index in [1.807, 2.05) is 5.38 Å². The third-order valence-corrected chi connectivity index (χ3v) is 3.24. The van der Waals surface area contributed by atoms with Crippen molar-refractivity contribution in [2.24, 2.45) is 10.9 Å². The second-order valence-electron chi connectivity index (χ2n) is 3.31. The zero-order valence-electron chi connectivity index (χ0n) is 9.21. The molecule has 5 nitrogen and oxygen atoms in total. The van der Waals surface area contributed by atoms with Crippen molar-refractivity contribution in [1.29, 1.82) is 0 Å². The maximum atomic E-state index is 8.73. The van der Waals surface area contributed by atoms with E-state index in [0.29, 0.717) is 22.9 Å². The quantitative estimate of drug-likeness (QED) is 0.391. The number of halogens is 1. The summed E-state index contributed by atoms with van der Waals surface area (Å²) >= 11 is 7.49. The Hall–Kier alpha value is -1.79. The number of oxime groups is 1. The molecule has 0 fully saturated rings. The molecule has 0 saturated heterocycles. The molecule has 3 N–H and O–H groups in total. The SMILES string of the molecule is N/C(=N/O)c1c(Cl)cccc1OCc1nccs1. The van der Waals surface area contributed by atoms with Crippen LogP contribution in [0, 0.1) is 0 Å². The molecule has 0 unspecified atom stereocenters. The van der Waals surface area contributed by atoms with E-state index in [4.69, 9.17) is 27.3 Å². The van der Waals surface area contributed by atoms with E-state index >= 15 is 0 Å². The average molecular weight is 284 g/mol. The molecule has 1 aromatic carbocycles. The molecule has 0 saturated carbocycles. The van der Waals surface area contributed by atoms with E-state index in [-0.39, 0.29) is 5.84 Å². The van der Waals surface area contributed by atoms with Crippen LogP contribution in [0.2, 0.25) is 5.02 Å². The Kier molecular flexibility index (Phi) is 4.01. The zero-order valence-corrected chi connectivity index (χ0v) is 10.8. The lowest BCUT2D eigenvalue weighted by Crippen LogP contribution is -2.15. The number of hydrogen-bond acceptors (Lipinski definition) is 5. The highest BCUT2D eigenvalue weighted by Crippen LogP contribution is 2.27. The third kappa shape index (κ3) is 2.72. The highest BCUT2D eigenvalue weighted by Gasteiger charge is 2.13. The first-order valence-electron chi connectivity index (χ1n) is 5.00. The molecule has 1 heterocycles. The van der Waals surface area contributed by atoms with Gasteiger partial charge in [-0.2, -0.15) is 0 Å². The van der Waals surface area contributed by atoms with Crippen LogP contribution in [0.1, 0.15) is 10.6 Å². The van der Waals surface area contributed by atoms with E-state index in [9.17, 15) is 0 Å². The Bertz CT molecular complexity index is 557. The zero-order chi connectivity index (χ0) is 13.0. The first kappa shape index (κ1) is 12.7. The van der Waals surface area contributed by atoms with Crippen LogP contribution >= 0.6 is 22.9 Å². The largest absolute Gasteiger partial charge is 0.486 e. The van der Waals surface area contributed by atoms with E-state index < -0.39 is 0 Å². The minimum Gasteiger partial charge on any atom is -0.486 e. The second kappa shape index (κ2) is 5.70. The van der Waals surface area contributed by atoms with E-state index in [1.54, 1.807) is 24.4 Å². The molecule has 0 aliphatic rings. The Labute approximate surface area is 112 Å². The molecule has 0 aliphatic carbocycles. The van der Waals surface area contributed by atoms with Crippen molar-refractivity contribution in [2.45, 2.75) is 6.61 Å². The minimum atomic E-state index is -0.0882. The van der Waals surface area contributed by atoms with Crippen molar-refractivity contribution in [1.82, 2.24) is 4.98 Å². The van der Waals surface area contributed by atoms with Gasteiger partial charge in [0.05, 0.1) is 10.6 Å². The predicted molar refractivity (Wildman–Crippen MR) is 70.4 cm³/mol. The molecule has 1 aromatic heterocycles. The first-order chi connectivity index (χ1) is 8.72.